The van der Waals surface area contributed by atoms with Gasteiger partial charge >= 0.3 is 0 Å². The molecule has 0 saturated carbocycles. The normalized spacial score (nSPS) is 18.4. The number of amides is 1. The third-order valence-electron chi connectivity index (χ3n) is 4.72. The minimum absolute atomic E-state index is 0.209. The zero-order chi connectivity index (χ0) is 18.0. The van der Waals surface area contributed by atoms with Crippen molar-refractivity contribution < 1.29 is 4.79 Å². The van der Waals surface area contributed by atoms with Gasteiger partial charge in [0.1, 0.15) is 5.69 Å². The number of nitrogens with zero attached hydrogens (tertiary/aromatic N) is 5. The number of hydrogen-bond acceptors (Lipinski definition) is 4. The van der Waals surface area contributed by atoms with Gasteiger partial charge in [-0.25, -0.2) is 0 Å². The quantitative estimate of drug-likeness (QED) is 0.860. The van der Waals surface area contributed by atoms with Crippen LogP contribution in [0.4, 0.5) is 0 Å². The molecule has 0 N–H and O–H groups in total. The zero-order valence-electron chi connectivity index (χ0n) is 15.6. The Morgan fingerprint density at radius 1 is 1.24 bits per heavy atom. The first kappa shape index (κ1) is 17.6. The van der Waals surface area contributed by atoms with Gasteiger partial charge in [-0.2, -0.15) is 5.10 Å². The van der Waals surface area contributed by atoms with Crippen LogP contribution in [0.15, 0.2) is 24.7 Å². The highest BCUT2D eigenvalue weighted by molar-refractivity contribution is 5.81. The fourth-order valence-corrected chi connectivity index (χ4v) is 3.49. The molecule has 0 bridgehead atoms. The van der Waals surface area contributed by atoms with Crippen LogP contribution in [0.25, 0.3) is 11.4 Å². The summed E-state index contributed by atoms with van der Waals surface area (Å²) in [5, 5.41) is 4.36. The maximum absolute atomic E-state index is 12.7. The van der Waals surface area contributed by atoms with Gasteiger partial charge in [0.25, 0.3) is 0 Å². The molecular weight excluding hydrogens is 314 g/mol. The minimum atomic E-state index is -0.353. The van der Waals surface area contributed by atoms with E-state index >= 15 is 0 Å². The van der Waals surface area contributed by atoms with Crippen LogP contribution in [-0.4, -0.2) is 43.6 Å². The van der Waals surface area contributed by atoms with Gasteiger partial charge in [-0.3, -0.25) is 19.4 Å². The lowest BCUT2D eigenvalue weighted by atomic mass is 9.89. The van der Waals surface area contributed by atoms with Crippen LogP contribution >= 0.6 is 0 Å². The first-order chi connectivity index (χ1) is 11.9. The standard InChI is InChI=1S/C19H27N5O/c1-5-24-15(8-9-22-24)17-16(20-10-11-21-17)14-7-6-12-23(13-14)18(25)19(2,3)4/h8-11,14H,5-7,12-13H2,1-4H3. The van der Waals surface area contributed by atoms with Gasteiger partial charge in [-0.05, 0) is 25.8 Å². The van der Waals surface area contributed by atoms with Crippen LogP contribution in [0.5, 0.6) is 0 Å². The average molecular weight is 341 g/mol. The maximum atomic E-state index is 12.7. The Balaban J connectivity index is 1.91. The molecule has 0 radical (unpaired) electrons. The lowest BCUT2D eigenvalue weighted by Crippen LogP contribution is -2.44. The SMILES string of the molecule is CCn1nccc1-c1nccnc1C1CCCN(C(=O)C(C)(C)C)C1. The molecule has 1 aliphatic heterocycles. The predicted molar refractivity (Wildman–Crippen MR) is 96.9 cm³/mol. The number of carbonyl (C=O) groups excluding carboxylic acids is 1. The molecule has 6 nitrogen and oxygen atoms in total. The maximum Gasteiger partial charge on any atom is 0.227 e. The number of aryl methyl sites for hydroxylation is 1. The average Bonchev–Trinajstić information content (AvgIpc) is 3.09. The van der Waals surface area contributed by atoms with Crippen LogP contribution in [0.3, 0.4) is 0 Å². The molecule has 0 spiro atoms. The Morgan fingerprint density at radius 3 is 2.72 bits per heavy atom. The third-order valence-corrected chi connectivity index (χ3v) is 4.72. The van der Waals surface area contributed by atoms with E-state index in [0.717, 1.165) is 43.0 Å². The fourth-order valence-electron chi connectivity index (χ4n) is 3.49. The minimum Gasteiger partial charge on any atom is -0.342 e. The molecule has 2 aromatic heterocycles. The monoisotopic (exact) mass is 341 g/mol. The number of carbonyl (C=O) groups is 1. The van der Waals surface area contributed by atoms with Crippen molar-refractivity contribution in [1.29, 1.82) is 0 Å². The number of aromatic nitrogens is 4. The van der Waals surface area contributed by atoms with E-state index in [4.69, 9.17) is 0 Å². The molecule has 6 heteroatoms. The highest BCUT2D eigenvalue weighted by Gasteiger charge is 2.33. The lowest BCUT2D eigenvalue weighted by molar-refractivity contribution is -0.140. The van der Waals surface area contributed by atoms with Gasteiger partial charge in [-0.15, -0.1) is 0 Å². The van der Waals surface area contributed by atoms with E-state index in [1.54, 1.807) is 18.6 Å². The molecule has 1 fully saturated rings. The molecule has 1 amide bonds. The molecule has 2 aromatic rings. The van der Waals surface area contributed by atoms with Gasteiger partial charge < -0.3 is 4.90 Å². The predicted octanol–water partition coefficient (Wildman–Crippen LogP) is 3.11. The van der Waals surface area contributed by atoms with Crippen molar-refractivity contribution in [3.63, 3.8) is 0 Å². The second kappa shape index (κ2) is 6.94. The molecule has 0 aromatic carbocycles. The van der Waals surface area contributed by atoms with Crippen molar-refractivity contribution in [3.8, 4) is 11.4 Å². The molecule has 1 saturated heterocycles. The summed E-state index contributed by atoms with van der Waals surface area (Å²) in [6.07, 6.45) is 7.30. The Hall–Kier alpha value is -2.24. The fraction of sp³-hybridized carbons (Fsp3) is 0.579. The van der Waals surface area contributed by atoms with E-state index in [-0.39, 0.29) is 17.2 Å². The zero-order valence-corrected chi connectivity index (χ0v) is 15.6. The summed E-state index contributed by atoms with van der Waals surface area (Å²) in [4.78, 5) is 23.9. The van der Waals surface area contributed by atoms with Gasteiger partial charge in [0, 0.05) is 49.6 Å². The molecule has 1 atom stereocenters. The van der Waals surface area contributed by atoms with E-state index in [9.17, 15) is 4.79 Å². The second-order valence-corrected chi connectivity index (χ2v) is 7.66. The van der Waals surface area contributed by atoms with Crippen molar-refractivity contribution in [2.24, 2.45) is 5.41 Å². The summed E-state index contributed by atoms with van der Waals surface area (Å²) >= 11 is 0. The van der Waals surface area contributed by atoms with Gasteiger partial charge in [-0.1, -0.05) is 20.8 Å². The summed E-state index contributed by atoms with van der Waals surface area (Å²) in [6.45, 7) is 10.3. The first-order valence-electron chi connectivity index (χ1n) is 9.04. The number of likely N-dealkylation sites (tertiary alicyclic amines) is 1. The number of piperidine rings is 1. The number of rotatable bonds is 3. The largest absolute Gasteiger partial charge is 0.342 e. The van der Waals surface area contributed by atoms with E-state index in [0.29, 0.717) is 6.54 Å². The van der Waals surface area contributed by atoms with Gasteiger partial charge in [0.05, 0.1) is 11.4 Å². The van der Waals surface area contributed by atoms with Crippen LogP contribution in [-0.2, 0) is 11.3 Å². The van der Waals surface area contributed by atoms with E-state index in [1.165, 1.54) is 0 Å². The van der Waals surface area contributed by atoms with E-state index < -0.39 is 0 Å². The van der Waals surface area contributed by atoms with Crippen molar-refractivity contribution >= 4 is 5.91 Å². The molecule has 3 rings (SSSR count). The Kier molecular flexibility index (Phi) is 4.88. The molecule has 25 heavy (non-hydrogen) atoms. The van der Waals surface area contributed by atoms with E-state index in [1.807, 2.05) is 36.4 Å². The van der Waals surface area contributed by atoms with Crippen LogP contribution in [0, 0.1) is 5.41 Å². The van der Waals surface area contributed by atoms with Gasteiger partial charge in [0.2, 0.25) is 5.91 Å². The van der Waals surface area contributed by atoms with Crippen molar-refractivity contribution in [3.05, 3.63) is 30.4 Å². The lowest BCUT2D eigenvalue weighted by Gasteiger charge is -2.36. The Morgan fingerprint density at radius 2 is 2.00 bits per heavy atom. The molecule has 134 valence electrons. The second-order valence-electron chi connectivity index (χ2n) is 7.66. The highest BCUT2D eigenvalue weighted by atomic mass is 16.2. The van der Waals surface area contributed by atoms with Gasteiger partial charge in [0.15, 0.2) is 0 Å². The van der Waals surface area contributed by atoms with Crippen LogP contribution in [0.1, 0.15) is 52.1 Å². The van der Waals surface area contributed by atoms with Crippen LogP contribution in [0.2, 0.25) is 0 Å². The van der Waals surface area contributed by atoms with Crippen LogP contribution < -0.4 is 0 Å². The molecular formula is C19H27N5O. The van der Waals surface area contributed by atoms with Crippen molar-refractivity contribution in [1.82, 2.24) is 24.6 Å². The molecule has 0 aliphatic carbocycles. The first-order valence-corrected chi connectivity index (χ1v) is 9.04. The summed E-state index contributed by atoms with van der Waals surface area (Å²) in [5.74, 6) is 0.421. The summed E-state index contributed by atoms with van der Waals surface area (Å²) in [5.41, 5.74) is 2.50. The smallest absolute Gasteiger partial charge is 0.227 e. The summed E-state index contributed by atoms with van der Waals surface area (Å²) < 4.78 is 1.94. The van der Waals surface area contributed by atoms with Crippen molar-refractivity contribution in [2.75, 3.05) is 13.1 Å². The highest BCUT2D eigenvalue weighted by Crippen LogP contribution is 2.33. The molecule has 3 heterocycles. The Labute approximate surface area is 149 Å². The third kappa shape index (κ3) is 3.57. The summed E-state index contributed by atoms with van der Waals surface area (Å²) in [6, 6.07) is 1.98. The Bertz CT molecular complexity index is 746. The summed E-state index contributed by atoms with van der Waals surface area (Å²) in [7, 11) is 0. The van der Waals surface area contributed by atoms with E-state index in [2.05, 4.69) is 22.0 Å². The molecule has 1 unspecified atom stereocenters. The molecule has 1 aliphatic rings. The van der Waals surface area contributed by atoms with Crippen molar-refractivity contribution in [2.45, 2.75) is 53.0 Å². The topological polar surface area (TPSA) is 63.9 Å². The number of hydrogen-bond donors (Lipinski definition) is 0.